The molecule has 4 rings (SSSR count). The van der Waals surface area contributed by atoms with E-state index < -0.39 is 0 Å². The van der Waals surface area contributed by atoms with Crippen LogP contribution >= 0.6 is 0 Å². The lowest BCUT2D eigenvalue weighted by Gasteiger charge is -2.06. The molecule has 5 nitrogen and oxygen atoms in total. The van der Waals surface area contributed by atoms with Crippen LogP contribution < -0.4 is 5.32 Å². The van der Waals surface area contributed by atoms with Crippen molar-refractivity contribution in [1.29, 1.82) is 0 Å². The molecule has 0 aliphatic heterocycles. The third kappa shape index (κ3) is 2.63. The summed E-state index contributed by atoms with van der Waals surface area (Å²) in [5.74, 6) is 1.12. The normalized spacial score (nSPS) is 17.6. The highest BCUT2D eigenvalue weighted by Gasteiger charge is 2.25. The number of H-pyrrole nitrogens is 1. The molecule has 2 aliphatic rings. The minimum absolute atomic E-state index is 0.153. The first-order chi connectivity index (χ1) is 10.8. The Kier molecular flexibility index (Phi) is 3.41. The fraction of sp³-hybridized carbons (Fsp3) is 0.471. The molecule has 0 atom stereocenters. The van der Waals surface area contributed by atoms with Crippen LogP contribution in [-0.4, -0.2) is 21.1 Å². The lowest BCUT2D eigenvalue weighted by atomic mass is 10.1. The van der Waals surface area contributed by atoms with Gasteiger partial charge in [0.2, 0.25) is 0 Å². The van der Waals surface area contributed by atoms with Crippen molar-refractivity contribution < 1.29 is 4.79 Å². The molecule has 1 amide bonds. The van der Waals surface area contributed by atoms with E-state index in [4.69, 9.17) is 0 Å². The lowest BCUT2D eigenvalue weighted by Crippen LogP contribution is -2.15. The highest BCUT2D eigenvalue weighted by Crippen LogP contribution is 2.40. The highest BCUT2D eigenvalue weighted by molar-refractivity contribution is 6.03. The van der Waals surface area contributed by atoms with Crippen molar-refractivity contribution in [3.63, 3.8) is 0 Å². The zero-order valence-corrected chi connectivity index (χ0v) is 12.6. The van der Waals surface area contributed by atoms with Crippen molar-refractivity contribution in [2.75, 3.05) is 5.32 Å². The van der Waals surface area contributed by atoms with E-state index in [-0.39, 0.29) is 5.91 Å². The maximum absolute atomic E-state index is 12.5. The van der Waals surface area contributed by atoms with Crippen LogP contribution in [0.15, 0.2) is 18.3 Å². The van der Waals surface area contributed by atoms with Crippen LogP contribution in [0.3, 0.4) is 0 Å². The van der Waals surface area contributed by atoms with Crippen molar-refractivity contribution in [2.24, 2.45) is 0 Å². The molecule has 0 bridgehead atoms. The van der Waals surface area contributed by atoms with Crippen LogP contribution in [0.1, 0.15) is 65.3 Å². The summed E-state index contributed by atoms with van der Waals surface area (Å²) < 4.78 is 0. The average molecular weight is 296 g/mol. The van der Waals surface area contributed by atoms with Crippen molar-refractivity contribution >= 4 is 11.7 Å². The molecule has 5 heteroatoms. The fourth-order valence-corrected chi connectivity index (χ4v) is 3.21. The predicted octanol–water partition coefficient (Wildman–Crippen LogP) is 3.20. The molecule has 0 aromatic carbocycles. The van der Waals surface area contributed by atoms with Gasteiger partial charge in [0, 0.05) is 17.5 Å². The summed E-state index contributed by atoms with van der Waals surface area (Å²) in [6.45, 7) is 0. The first-order valence-corrected chi connectivity index (χ1v) is 8.14. The van der Waals surface area contributed by atoms with Gasteiger partial charge in [-0.15, -0.1) is 0 Å². The molecule has 2 heterocycles. The number of hydrogen-bond donors (Lipinski definition) is 2. The molecule has 2 aromatic rings. The van der Waals surface area contributed by atoms with Gasteiger partial charge in [0.05, 0.1) is 0 Å². The Morgan fingerprint density at radius 1 is 1.23 bits per heavy atom. The number of anilines is 1. The number of aromatic nitrogens is 3. The smallest absolute Gasteiger partial charge is 0.277 e. The van der Waals surface area contributed by atoms with Crippen molar-refractivity contribution in [2.45, 2.75) is 50.9 Å². The summed E-state index contributed by atoms with van der Waals surface area (Å²) >= 11 is 0. The summed E-state index contributed by atoms with van der Waals surface area (Å²) in [4.78, 5) is 16.8. The van der Waals surface area contributed by atoms with E-state index >= 15 is 0 Å². The molecular formula is C17H20N4O. The van der Waals surface area contributed by atoms with E-state index in [0.717, 1.165) is 30.5 Å². The van der Waals surface area contributed by atoms with Gasteiger partial charge in [-0.3, -0.25) is 9.89 Å². The maximum Gasteiger partial charge on any atom is 0.277 e. The molecule has 0 unspecified atom stereocenters. The molecule has 2 aliphatic carbocycles. The van der Waals surface area contributed by atoms with Gasteiger partial charge in [-0.05, 0) is 62.1 Å². The Labute approximate surface area is 129 Å². The summed E-state index contributed by atoms with van der Waals surface area (Å²) in [5, 5.41) is 10.2. The Balaban J connectivity index is 1.55. The van der Waals surface area contributed by atoms with Crippen LogP contribution in [0.5, 0.6) is 0 Å². The summed E-state index contributed by atoms with van der Waals surface area (Å²) in [6, 6.07) is 4.02. The number of aryl methyl sites for hydroxylation is 1. The van der Waals surface area contributed by atoms with E-state index in [9.17, 15) is 4.79 Å². The monoisotopic (exact) mass is 296 g/mol. The number of pyridine rings is 1. The minimum atomic E-state index is -0.153. The van der Waals surface area contributed by atoms with Crippen LogP contribution in [0.25, 0.3) is 0 Å². The number of amides is 1. The van der Waals surface area contributed by atoms with Crippen molar-refractivity contribution in [3.05, 3.63) is 40.8 Å². The molecule has 0 spiro atoms. The second-order valence-electron chi connectivity index (χ2n) is 6.29. The Morgan fingerprint density at radius 2 is 2.09 bits per heavy atom. The number of carbonyl (C=O) groups excluding carboxylic acids is 1. The van der Waals surface area contributed by atoms with Crippen LogP contribution in [0.2, 0.25) is 0 Å². The van der Waals surface area contributed by atoms with Crippen LogP contribution in [0.4, 0.5) is 5.82 Å². The second-order valence-corrected chi connectivity index (χ2v) is 6.29. The van der Waals surface area contributed by atoms with Gasteiger partial charge in [-0.1, -0.05) is 6.42 Å². The number of fused-ring (bicyclic) bond motifs is 1. The molecule has 0 radical (unpaired) electrons. The number of nitrogens with one attached hydrogen (secondary N) is 2. The fourth-order valence-electron chi connectivity index (χ4n) is 3.21. The largest absolute Gasteiger partial charge is 0.305 e. The topological polar surface area (TPSA) is 70.7 Å². The number of nitrogens with zero attached hydrogens (tertiary/aromatic N) is 2. The van der Waals surface area contributed by atoms with Gasteiger partial charge >= 0.3 is 0 Å². The molecule has 2 N–H and O–H groups in total. The van der Waals surface area contributed by atoms with Crippen molar-refractivity contribution in [3.8, 4) is 0 Å². The van der Waals surface area contributed by atoms with Gasteiger partial charge in [-0.2, -0.15) is 5.10 Å². The Bertz CT molecular complexity index is 702. The maximum atomic E-state index is 12.5. The third-order valence-electron chi connectivity index (χ3n) is 4.60. The Hall–Kier alpha value is -2.17. The van der Waals surface area contributed by atoms with Gasteiger partial charge in [-0.25, -0.2) is 4.98 Å². The van der Waals surface area contributed by atoms with Crippen LogP contribution in [0, 0.1) is 0 Å². The summed E-state index contributed by atoms with van der Waals surface area (Å²) in [6.07, 6.45) is 9.69. The molecule has 1 fully saturated rings. The van der Waals surface area contributed by atoms with Gasteiger partial charge in [0.1, 0.15) is 5.82 Å². The Morgan fingerprint density at radius 3 is 2.95 bits per heavy atom. The van der Waals surface area contributed by atoms with Gasteiger partial charge in [0.25, 0.3) is 5.91 Å². The zero-order valence-electron chi connectivity index (χ0n) is 12.6. The van der Waals surface area contributed by atoms with E-state index in [1.165, 1.54) is 31.2 Å². The standard InChI is InChI=1S/C17H20N4O/c22-17(16-13-4-2-1-3-5-14(13)20-21-16)19-15-10-12(8-9-18-15)11-6-7-11/h8-11H,1-7H2,(H,20,21)(H,18,19,22). The lowest BCUT2D eigenvalue weighted by molar-refractivity contribution is 0.102. The third-order valence-corrected chi connectivity index (χ3v) is 4.60. The molecule has 114 valence electrons. The number of carbonyl (C=O) groups is 1. The number of aromatic amines is 1. The molecule has 2 aromatic heterocycles. The van der Waals surface area contributed by atoms with Gasteiger partial charge < -0.3 is 5.32 Å². The van der Waals surface area contributed by atoms with E-state index in [1.807, 2.05) is 12.1 Å². The van der Waals surface area contributed by atoms with E-state index in [1.54, 1.807) is 6.20 Å². The predicted molar refractivity (Wildman–Crippen MR) is 84.0 cm³/mol. The molecule has 0 saturated heterocycles. The quantitative estimate of drug-likeness (QED) is 0.854. The molecule has 1 saturated carbocycles. The van der Waals surface area contributed by atoms with Crippen LogP contribution in [-0.2, 0) is 12.8 Å². The SMILES string of the molecule is O=C(Nc1cc(C2CC2)ccn1)c1n[nH]c2c1CCCCC2. The minimum Gasteiger partial charge on any atom is -0.305 e. The van der Waals surface area contributed by atoms with Gasteiger partial charge in [0.15, 0.2) is 5.69 Å². The first-order valence-electron chi connectivity index (χ1n) is 8.14. The number of rotatable bonds is 3. The number of hydrogen-bond acceptors (Lipinski definition) is 3. The second kappa shape index (κ2) is 5.55. The van der Waals surface area contributed by atoms with Crippen molar-refractivity contribution in [1.82, 2.24) is 15.2 Å². The zero-order chi connectivity index (χ0) is 14.9. The first kappa shape index (κ1) is 13.5. The highest BCUT2D eigenvalue weighted by atomic mass is 16.2. The molecule has 22 heavy (non-hydrogen) atoms. The summed E-state index contributed by atoms with van der Waals surface area (Å²) in [5.41, 5.74) is 4.03. The molecular weight excluding hydrogens is 276 g/mol. The average Bonchev–Trinajstić information content (AvgIpc) is 3.33. The van der Waals surface area contributed by atoms with E-state index in [0.29, 0.717) is 17.4 Å². The van der Waals surface area contributed by atoms with E-state index in [2.05, 4.69) is 20.5 Å². The summed E-state index contributed by atoms with van der Waals surface area (Å²) in [7, 11) is 0.